The van der Waals surface area contributed by atoms with E-state index in [4.69, 9.17) is 5.11 Å². The van der Waals surface area contributed by atoms with Crippen molar-refractivity contribution in [2.75, 3.05) is 11.9 Å². The smallest absolute Gasteiger partial charge is 0.335 e. The fourth-order valence-corrected chi connectivity index (χ4v) is 2.44. The molecule has 8 heteroatoms. The van der Waals surface area contributed by atoms with Crippen LogP contribution in [0.5, 0.6) is 0 Å². The highest BCUT2D eigenvalue weighted by atomic mass is 16.4. The molecule has 25 heavy (non-hydrogen) atoms. The Morgan fingerprint density at radius 3 is 2.72 bits per heavy atom. The zero-order valence-electron chi connectivity index (χ0n) is 13.7. The molecular formula is C17H19N3O5. The highest BCUT2D eigenvalue weighted by molar-refractivity contribution is 6.18. The van der Waals surface area contributed by atoms with Crippen LogP contribution < -0.4 is 10.6 Å². The molecule has 4 amide bonds. The van der Waals surface area contributed by atoms with E-state index in [0.717, 1.165) is 11.3 Å². The number of carbonyl (C=O) groups is 4. The summed E-state index contributed by atoms with van der Waals surface area (Å²) in [6.07, 6.45) is 1.41. The second-order valence-corrected chi connectivity index (χ2v) is 5.61. The fraction of sp³-hybridized carbons (Fsp3) is 0.294. The second-order valence-electron chi connectivity index (χ2n) is 5.61. The van der Waals surface area contributed by atoms with Crippen molar-refractivity contribution >= 4 is 29.5 Å². The van der Waals surface area contributed by atoms with Gasteiger partial charge in [-0.3, -0.25) is 19.8 Å². The van der Waals surface area contributed by atoms with Crippen LogP contribution in [0.1, 0.15) is 30.1 Å². The number of hydrogen-bond donors (Lipinski definition) is 3. The maximum absolute atomic E-state index is 12.5. The van der Waals surface area contributed by atoms with Gasteiger partial charge in [0.15, 0.2) is 5.92 Å². The van der Waals surface area contributed by atoms with Gasteiger partial charge >= 0.3 is 12.0 Å². The van der Waals surface area contributed by atoms with Gasteiger partial charge in [-0.2, -0.15) is 0 Å². The predicted octanol–water partition coefficient (Wildman–Crippen LogP) is 1.81. The molecule has 0 saturated carbocycles. The summed E-state index contributed by atoms with van der Waals surface area (Å²) in [4.78, 5) is 48.4. The number of hydrogen-bond acceptors (Lipinski definition) is 5. The fourth-order valence-electron chi connectivity index (χ4n) is 2.44. The molecule has 8 nitrogen and oxygen atoms in total. The lowest BCUT2D eigenvalue weighted by Gasteiger charge is -2.31. The maximum Gasteiger partial charge on any atom is 0.335 e. The van der Waals surface area contributed by atoms with Gasteiger partial charge in [-0.25, -0.2) is 9.59 Å². The van der Waals surface area contributed by atoms with Gasteiger partial charge in [0.05, 0.1) is 5.56 Å². The zero-order chi connectivity index (χ0) is 18.6. The summed E-state index contributed by atoms with van der Waals surface area (Å²) in [5.41, 5.74) is 0.499. The van der Waals surface area contributed by atoms with Crippen LogP contribution in [0.2, 0.25) is 0 Å². The monoisotopic (exact) mass is 345 g/mol. The van der Waals surface area contributed by atoms with E-state index in [1.807, 2.05) is 6.92 Å². The van der Waals surface area contributed by atoms with Gasteiger partial charge < -0.3 is 10.4 Å². The van der Waals surface area contributed by atoms with Gasteiger partial charge in [-0.1, -0.05) is 26.0 Å². The first-order valence-electron chi connectivity index (χ1n) is 7.80. The molecule has 0 radical (unpaired) electrons. The Hall–Kier alpha value is -3.16. The SMILES string of the molecule is C=C(Nc1cccc(C(=O)O)c1)[C@@H]1C(=O)NC(=O)N(CCCC)C1=O. The van der Waals surface area contributed by atoms with E-state index >= 15 is 0 Å². The number of rotatable bonds is 7. The molecule has 1 saturated heterocycles. The Bertz CT molecular complexity index is 744. The molecular weight excluding hydrogens is 326 g/mol. The van der Waals surface area contributed by atoms with E-state index in [0.29, 0.717) is 12.1 Å². The number of urea groups is 1. The number of carboxylic acids is 1. The van der Waals surface area contributed by atoms with Crippen LogP contribution in [0.4, 0.5) is 10.5 Å². The van der Waals surface area contributed by atoms with E-state index in [1.165, 1.54) is 18.2 Å². The average molecular weight is 345 g/mol. The first-order valence-corrected chi connectivity index (χ1v) is 7.80. The third-order valence-electron chi connectivity index (χ3n) is 3.75. The summed E-state index contributed by atoms with van der Waals surface area (Å²) in [5.74, 6) is -3.76. The Labute approximate surface area is 144 Å². The summed E-state index contributed by atoms with van der Waals surface area (Å²) >= 11 is 0. The van der Waals surface area contributed by atoms with Gasteiger partial charge in [-0.05, 0) is 24.6 Å². The van der Waals surface area contributed by atoms with Crippen LogP contribution in [0.15, 0.2) is 36.5 Å². The molecule has 0 aliphatic carbocycles. The van der Waals surface area contributed by atoms with Crippen LogP contribution in [0.25, 0.3) is 0 Å². The highest BCUT2D eigenvalue weighted by Gasteiger charge is 2.41. The van der Waals surface area contributed by atoms with Crippen LogP contribution in [-0.4, -0.2) is 40.4 Å². The minimum absolute atomic E-state index is 0.0528. The average Bonchev–Trinajstić information content (AvgIpc) is 2.54. The van der Waals surface area contributed by atoms with Crippen LogP contribution in [-0.2, 0) is 9.59 Å². The van der Waals surface area contributed by atoms with Gasteiger partial charge in [0, 0.05) is 17.9 Å². The number of benzene rings is 1. The maximum atomic E-state index is 12.5. The van der Waals surface area contributed by atoms with Crippen molar-refractivity contribution in [3.8, 4) is 0 Å². The van der Waals surface area contributed by atoms with E-state index in [-0.39, 0.29) is 17.8 Å². The lowest BCUT2D eigenvalue weighted by molar-refractivity contribution is -0.140. The lowest BCUT2D eigenvalue weighted by atomic mass is 10.0. The van der Waals surface area contributed by atoms with Crippen molar-refractivity contribution in [1.29, 1.82) is 0 Å². The number of barbiturate groups is 1. The summed E-state index contributed by atoms with van der Waals surface area (Å²) in [5, 5.41) is 13.9. The normalized spacial score (nSPS) is 17.2. The lowest BCUT2D eigenvalue weighted by Crippen LogP contribution is -2.58. The van der Waals surface area contributed by atoms with E-state index in [2.05, 4.69) is 17.2 Å². The first-order chi connectivity index (χ1) is 11.8. The summed E-state index contributed by atoms with van der Waals surface area (Å²) < 4.78 is 0. The predicted molar refractivity (Wildman–Crippen MR) is 89.8 cm³/mol. The molecule has 1 aliphatic rings. The van der Waals surface area contributed by atoms with Crippen molar-refractivity contribution in [3.63, 3.8) is 0 Å². The molecule has 1 aromatic rings. The van der Waals surface area contributed by atoms with Crippen LogP contribution in [0, 0.1) is 5.92 Å². The van der Waals surface area contributed by atoms with E-state index in [9.17, 15) is 19.2 Å². The third-order valence-corrected chi connectivity index (χ3v) is 3.75. The summed E-state index contributed by atoms with van der Waals surface area (Å²) in [6.45, 7) is 5.85. The van der Waals surface area contributed by atoms with E-state index in [1.54, 1.807) is 6.07 Å². The molecule has 1 heterocycles. The van der Waals surface area contributed by atoms with Crippen molar-refractivity contribution in [2.24, 2.45) is 5.92 Å². The second kappa shape index (κ2) is 7.61. The highest BCUT2D eigenvalue weighted by Crippen LogP contribution is 2.21. The van der Waals surface area contributed by atoms with E-state index < -0.39 is 29.7 Å². The van der Waals surface area contributed by atoms with Gasteiger partial charge in [0.1, 0.15) is 0 Å². The first kappa shape index (κ1) is 18.2. The van der Waals surface area contributed by atoms with Gasteiger partial charge in [0.2, 0.25) is 11.8 Å². The summed E-state index contributed by atoms with van der Waals surface area (Å²) in [6, 6.07) is 5.15. The van der Waals surface area contributed by atoms with Crippen LogP contribution >= 0.6 is 0 Å². The number of carboxylic acid groups (broad SMARTS) is 1. The molecule has 0 unspecified atom stereocenters. The number of carbonyl (C=O) groups excluding carboxylic acids is 3. The standard InChI is InChI=1S/C17H19N3O5/c1-3-4-8-20-15(22)13(14(21)19-17(20)25)10(2)18-12-7-5-6-11(9-12)16(23)24/h5-7,9,13,18H,2-4,8H2,1H3,(H,23,24)(H,19,21,25)/t13-/m1/s1. The largest absolute Gasteiger partial charge is 0.478 e. The molecule has 132 valence electrons. The van der Waals surface area contributed by atoms with Crippen molar-refractivity contribution in [3.05, 3.63) is 42.1 Å². The van der Waals surface area contributed by atoms with Crippen LogP contribution in [0.3, 0.4) is 0 Å². The molecule has 1 atom stereocenters. The Kier molecular flexibility index (Phi) is 5.53. The topological polar surface area (TPSA) is 116 Å². The molecule has 0 aromatic heterocycles. The Morgan fingerprint density at radius 1 is 1.36 bits per heavy atom. The summed E-state index contributed by atoms with van der Waals surface area (Å²) in [7, 11) is 0. The van der Waals surface area contributed by atoms with Crippen molar-refractivity contribution < 1.29 is 24.3 Å². The number of amides is 4. The molecule has 2 rings (SSSR count). The zero-order valence-corrected chi connectivity index (χ0v) is 13.7. The molecule has 0 spiro atoms. The number of unbranched alkanes of at least 4 members (excludes halogenated alkanes) is 1. The number of nitrogens with zero attached hydrogens (tertiary/aromatic N) is 1. The molecule has 0 bridgehead atoms. The molecule has 1 aromatic carbocycles. The Balaban J connectivity index is 2.17. The minimum atomic E-state index is -1.26. The number of aromatic carboxylic acids is 1. The van der Waals surface area contributed by atoms with Crippen molar-refractivity contribution in [2.45, 2.75) is 19.8 Å². The van der Waals surface area contributed by atoms with Crippen molar-refractivity contribution in [1.82, 2.24) is 10.2 Å². The number of anilines is 1. The Morgan fingerprint density at radius 2 is 2.08 bits per heavy atom. The number of imide groups is 2. The quantitative estimate of drug-likeness (QED) is 0.649. The van der Waals surface area contributed by atoms with Gasteiger partial charge in [0.25, 0.3) is 0 Å². The van der Waals surface area contributed by atoms with Gasteiger partial charge in [-0.15, -0.1) is 0 Å². The molecule has 1 aliphatic heterocycles. The number of nitrogens with one attached hydrogen (secondary N) is 2. The molecule has 1 fully saturated rings. The third kappa shape index (κ3) is 4.03. The minimum Gasteiger partial charge on any atom is -0.478 e. The molecule has 3 N–H and O–H groups in total.